The Bertz CT molecular complexity index is 963. The first-order valence-corrected chi connectivity index (χ1v) is 11.1. The van der Waals surface area contributed by atoms with E-state index < -0.39 is 0 Å². The first-order valence-electron chi connectivity index (χ1n) is 10.3. The number of aromatic nitrogens is 4. The van der Waals surface area contributed by atoms with Crippen LogP contribution < -0.4 is 10.6 Å². The molecule has 7 heteroatoms. The minimum atomic E-state index is 0.468. The van der Waals surface area contributed by atoms with Crippen LogP contribution in [0.15, 0.2) is 18.5 Å². The highest BCUT2D eigenvalue weighted by Crippen LogP contribution is 2.38. The zero-order chi connectivity index (χ0) is 19.1. The predicted octanol–water partition coefficient (Wildman–Crippen LogP) is 4.88. The van der Waals surface area contributed by atoms with E-state index in [-0.39, 0.29) is 0 Å². The number of rotatable bonds is 6. The molecule has 3 aromatic rings. The number of nitrogens with zero attached hydrogens (tertiary/aromatic N) is 4. The molecular weight excluding hydrogens is 368 g/mol. The van der Waals surface area contributed by atoms with Crippen LogP contribution in [0.2, 0.25) is 0 Å². The van der Waals surface area contributed by atoms with Gasteiger partial charge in [0.25, 0.3) is 0 Å². The lowest BCUT2D eigenvalue weighted by Crippen LogP contribution is -2.19. The molecule has 146 valence electrons. The highest BCUT2D eigenvalue weighted by molar-refractivity contribution is 7.21. The largest absolute Gasteiger partial charge is 0.367 e. The highest BCUT2D eigenvalue weighted by atomic mass is 32.1. The van der Waals surface area contributed by atoms with Gasteiger partial charge in [0.1, 0.15) is 16.3 Å². The average Bonchev–Trinajstić information content (AvgIpc) is 3.27. The molecule has 6 nitrogen and oxygen atoms in total. The normalized spacial score (nSPS) is 21.9. The van der Waals surface area contributed by atoms with Crippen molar-refractivity contribution in [2.45, 2.75) is 52.0 Å². The number of nitrogens with one attached hydrogen (secondary N) is 2. The van der Waals surface area contributed by atoms with Gasteiger partial charge < -0.3 is 10.6 Å². The molecule has 2 N–H and O–H groups in total. The lowest BCUT2D eigenvalue weighted by Gasteiger charge is -2.18. The fourth-order valence-corrected chi connectivity index (χ4v) is 5.02. The summed E-state index contributed by atoms with van der Waals surface area (Å²) in [5.74, 6) is 3.19. The van der Waals surface area contributed by atoms with Crippen molar-refractivity contribution in [3.8, 4) is 10.6 Å². The van der Waals surface area contributed by atoms with Gasteiger partial charge in [-0.1, -0.05) is 6.92 Å². The maximum atomic E-state index is 4.89. The topological polar surface area (TPSA) is 75.6 Å². The van der Waals surface area contributed by atoms with Crippen LogP contribution in [0.25, 0.3) is 20.8 Å². The molecule has 0 bridgehead atoms. The maximum absolute atomic E-state index is 4.89. The Hall–Kier alpha value is -2.28. The molecule has 3 heterocycles. The first-order chi connectivity index (χ1) is 13.7. The number of thiazole rings is 1. The summed E-state index contributed by atoms with van der Waals surface area (Å²) in [5, 5.41) is 8.13. The smallest absolute Gasteiger partial charge is 0.224 e. The van der Waals surface area contributed by atoms with Crippen molar-refractivity contribution in [2.24, 2.45) is 11.8 Å². The minimum Gasteiger partial charge on any atom is -0.367 e. The lowest BCUT2D eigenvalue weighted by atomic mass is 10.1. The SMILES string of the molecule is Cc1nc(NCC2CC2)nc(N[C@H]2CC[C@@H](C)C2)c1-c1nc2cnccc2s1. The number of hydrogen-bond donors (Lipinski definition) is 2. The molecule has 2 saturated carbocycles. The van der Waals surface area contributed by atoms with Gasteiger partial charge in [-0.25, -0.2) is 9.97 Å². The van der Waals surface area contributed by atoms with Crippen LogP contribution in [-0.4, -0.2) is 32.5 Å². The van der Waals surface area contributed by atoms with E-state index in [0.717, 1.165) is 56.6 Å². The second-order valence-corrected chi connectivity index (χ2v) is 9.33. The van der Waals surface area contributed by atoms with Gasteiger partial charge in [-0.15, -0.1) is 11.3 Å². The van der Waals surface area contributed by atoms with Crippen molar-refractivity contribution in [1.82, 2.24) is 19.9 Å². The molecule has 5 rings (SSSR count). The molecule has 0 amide bonds. The van der Waals surface area contributed by atoms with Crippen LogP contribution >= 0.6 is 11.3 Å². The summed E-state index contributed by atoms with van der Waals surface area (Å²) in [6, 6.07) is 2.49. The average molecular weight is 395 g/mol. The number of hydrogen-bond acceptors (Lipinski definition) is 7. The van der Waals surface area contributed by atoms with Gasteiger partial charge in [-0.2, -0.15) is 4.98 Å². The molecule has 0 saturated heterocycles. The molecule has 0 aromatic carbocycles. The summed E-state index contributed by atoms with van der Waals surface area (Å²) in [6.07, 6.45) is 9.93. The number of pyridine rings is 1. The van der Waals surface area contributed by atoms with Crippen LogP contribution in [0.3, 0.4) is 0 Å². The zero-order valence-corrected chi connectivity index (χ0v) is 17.2. The van der Waals surface area contributed by atoms with Gasteiger partial charge in [-0.05, 0) is 56.9 Å². The number of aryl methyl sites for hydroxylation is 1. The Kier molecular flexibility index (Phi) is 4.62. The van der Waals surface area contributed by atoms with Gasteiger partial charge in [0, 0.05) is 18.8 Å². The predicted molar refractivity (Wildman–Crippen MR) is 115 cm³/mol. The third-order valence-corrected chi connectivity index (χ3v) is 6.83. The summed E-state index contributed by atoms with van der Waals surface area (Å²) < 4.78 is 1.14. The van der Waals surface area contributed by atoms with Gasteiger partial charge in [0.05, 0.1) is 22.2 Å². The molecule has 2 fully saturated rings. The van der Waals surface area contributed by atoms with Crippen LogP contribution in [0, 0.1) is 18.8 Å². The lowest BCUT2D eigenvalue weighted by molar-refractivity contribution is 0.602. The van der Waals surface area contributed by atoms with E-state index in [1.807, 2.05) is 18.5 Å². The number of fused-ring (bicyclic) bond motifs is 1. The van der Waals surface area contributed by atoms with Crippen LogP contribution in [0.1, 0.15) is 44.7 Å². The Balaban J connectivity index is 1.52. The number of anilines is 2. The van der Waals surface area contributed by atoms with Gasteiger partial charge in [0.15, 0.2) is 0 Å². The Labute approximate surface area is 169 Å². The summed E-state index contributed by atoms with van der Waals surface area (Å²) in [4.78, 5) is 18.7. The summed E-state index contributed by atoms with van der Waals surface area (Å²) in [6.45, 7) is 5.36. The van der Waals surface area contributed by atoms with E-state index in [4.69, 9.17) is 15.0 Å². The Morgan fingerprint density at radius 1 is 1.14 bits per heavy atom. The van der Waals surface area contributed by atoms with E-state index in [9.17, 15) is 0 Å². The highest BCUT2D eigenvalue weighted by Gasteiger charge is 2.26. The van der Waals surface area contributed by atoms with E-state index in [2.05, 4.69) is 29.5 Å². The summed E-state index contributed by atoms with van der Waals surface area (Å²) in [7, 11) is 0. The molecule has 2 aliphatic rings. The van der Waals surface area contributed by atoms with E-state index in [1.165, 1.54) is 32.1 Å². The van der Waals surface area contributed by atoms with E-state index >= 15 is 0 Å². The fourth-order valence-electron chi connectivity index (χ4n) is 3.99. The second-order valence-electron chi connectivity index (χ2n) is 8.30. The van der Waals surface area contributed by atoms with Crippen molar-refractivity contribution < 1.29 is 0 Å². The van der Waals surface area contributed by atoms with E-state index in [1.54, 1.807) is 11.3 Å². The van der Waals surface area contributed by atoms with Gasteiger partial charge in [0.2, 0.25) is 5.95 Å². The molecule has 0 aliphatic heterocycles. The molecule has 2 aliphatic carbocycles. The van der Waals surface area contributed by atoms with Crippen molar-refractivity contribution in [1.29, 1.82) is 0 Å². The van der Waals surface area contributed by atoms with E-state index in [0.29, 0.717) is 6.04 Å². The molecular formula is C21H26N6S. The molecule has 0 spiro atoms. The van der Waals surface area contributed by atoms with Crippen LogP contribution in [0.4, 0.5) is 11.8 Å². The molecule has 28 heavy (non-hydrogen) atoms. The monoisotopic (exact) mass is 394 g/mol. The van der Waals surface area contributed by atoms with Crippen LogP contribution in [-0.2, 0) is 0 Å². The summed E-state index contributed by atoms with van der Waals surface area (Å²) in [5.41, 5.74) is 2.92. The molecule has 2 atom stereocenters. The van der Waals surface area contributed by atoms with Crippen LogP contribution in [0.5, 0.6) is 0 Å². The molecule has 3 aromatic heterocycles. The Morgan fingerprint density at radius 3 is 2.79 bits per heavy atom. The Morgan fingerprint density at radius 2 is 2.04 bits per heavy atom. The third-order valence-electron chi connectivity index (χ3n) is 5.78. The quantitative estimate of drug-likeness (QED) is 0.621. The van der Waals surface area contributed by atoms with Crippen molar-refractivity contribution in [2.75, 3.05) is 17.2 Å². The minimum absolute atomic E-state index is 0.468. The van der Waals surface area contributed by atoms with Crippen molar-refractivity contribution in [3.63, 3.8) is 0 Å². The second kappa shape index (κ2) is 7.28. The summed E-state index contributed by atoms with van der Waals surface area (Å²) >= 11 is 1.68. The fraction of sp³-hybridized carbons (Fsp3) is 0.524. The zero-order valence-electron chi connectivity index (χ0n) is 16.4. The van der Waals surface area contributed by atoms with Gasteiger partial charge in [-0.3, -0.25) is 4.98 Å². The molecule has 0 radical (unpaired) electrons. The molecule has 0 unspecified atom stereocenters. The standard InChI is InChI=1S/C21H26N6S/c1-12-3-6-15(9-12)25-19-18(20-26-16-11-22-8-7-17(16)28-20)13(2)24-21(27-19)23-10-14-4-5-14/h7-8,11-12,14-15H,3-6,9-10H2,1-2H3,(H2,23,24,25,27)/t12-,15+/m1/s1. The first kappa shape index (κ1) is 17.8. The van der Waals surface area contributed by atoms with Crippen molar-refractivity contribution in [3.05, 3.63) is 24.2 Å². The maximum Gasteiger partial charge on any atom is 0.224 e. The van der Waals surface area contributed by atoms with Gasteiger partial charge >= 0.3 is 0 Å². The van der Waals surface area contributed by atoms with Crippen molar-refractivity contribution >= 4 is 33.3 Å². The third kappa shape index (κ3) is 3.68.